The van der Waals surface area contributed by atoms with Gasteiger partial charge < -0.3 is 20.5 Å². The van der Waals surface area contributed by atoms with Crippen LogP contribution in [0.4, 0.5) is 0 Å². The zero-order valence-corrected chi connectivity index (χ0v) is 22.3. The number of nitrogens with one attached hydrogen (secondary N) is 2. The minimum atomic E-state index is -0.790. The predicted octanol–water partition coefficient (Wildman–Crippen LogP) is 5.13. The summed E-state index contributed by atoms with van der Waals surface area (Å²) in [7, 11) is 3.39. The van der Waals surface area contributed by atoms with E-state index in [1.165, 1.54) is 0 Å². The van der Waals surface area contributed by atoms with Gasteiger partial charge in [0.1, 0.15) is 0 Å². The standard InChI is InChI=1S/C13H26N2O.C10H20O3.C2H6/c1-8(2)11(9(3)4)15-13(16)12(14-7)10(5)6;1-5-7(2)8(3)9(13-4)6-10(11)12;1-2/h9-12,14H,1H2,2-7H3,(H,15,16);7-9H,5-6H2,1-4H3,(H,11,12);1-2H3. The normalized spacial score (nSPS) is 15.4. The molecule has 0 aromatic rings. The maximum Gasteiger partial charge on any atom is 0.305 e. The van der Waals surface area contributed by atoms with Crippen molar-refractivity contribution < 1.29 is 19.4 Å². The average Bonchev–Trinajstić information content (AvgIpc) is 2.70. The van der Waals surface area contributed by atoms with Gasteiger partial charge in [0.05, 0.1) is 24.6 Å². The Morgan fingerprint density at radius 1 is 1.00 bits per heavy atom. The molecule has 0 fully saturated rings. The van der Waals surface area contributed by atoms with Gasteiger partial charge in [-0.05, 0) is 37.6 Å². The highest BCUT2D eigenvalue weighted by Crippen LogP contribution is 2.22. The minimum absolute atomic E-state index is 0.0548. The van der Waals surface area contributed by atoms with E-state index in [0.717, 1.165) is 12.0 Å². The molecule has 186 valence electrons. The summed E-state index contributed by atoms with van der Waals surface area (Å²) in [5.41, 5.74) is 1.00. The van der Waals surface area contributed by atoms with Crippen molar-refractivity contribution in [3.63, 3.8) is 0 Å². The van der Waals surface area contributed by atoms with E-state index in [0.29, 0.717) is 17.8 Å². The third-order valence-corrected chi connectivity index (χ3v) is 5.56. The van der Waals surface area contributed by atoms with E-state index < -0.39 is 5.97 Å². The largest absolute Gasteiger partial charge is 0.481 e. The zero-order valence-electron chi connectivity index (χ0n) is 22.3. The number of methoxy groups -OCH3 is 1. The first-order valence-electron chi connectivity index (χ1n) is 11.7. The summed E-state index contributed by atoms with van der Waals surface area (Å²) in [4.78, 5) is 22.5. The Morgan fingerprint density at radius 2 is 1.45 bits per heavy atom. The van der Waals surface area contributed by atoms with E-state index in [9.17, 15) is 9.59 Å². The van der Waals surface area contributed by atoms with Crippen LogP contribution in [0.2, 0.25) is 0 Å². The fourth-order valence-corrected chi connectivity index (χ4v) is 3.26. The molecular formula is C25H52N2O4. The van der Waals surface area contributed by atoms with Crippen molar-refractivity contribution in [2.45, 2.75) is 100 Å². The number of carboxylic acid groups (broad SMARTS) is 1. The van der Waals surface area contributed by atoms with Crippen LogP contribution in [0.5, 0.6) is 0 Å². The molecule has 0 aliphatic carbocycles. The summed E-state index contributed by atoms with van der Waals surface area (Å²) in [6.07, 6.45) is 0.996. The molecule has 0 saturated carbocycles. The van der Waals surface area contributed by atoms with Crippen LogP contribution in [-0.4, -0.2) is 49.3 Å². The Labute approximate surface area is 192 Å². The first-order chi connectivity index (χ1) is 14.3. The molecule has 6 heteroatoms. The molecule has 0 bridgehead atoms. The number of carbonyl (C=O) groups is 2. The molecule has 0 saturated heterocycles. The molecule has 0 radical (unpaired) electrons. The van der Waals surface area contributed by atoms with Crippen LogP contribution in [0.1, 0.15) is 82.1 Å². The molecule has 0 heterocycles. The molecule has 0 aliphatic rings. The molecule has 0 aromatic carbocycles. The number of hydrogen-bond acceptors (Lipinski definition) is 4. The SMILES string of the molecule is C=C(C)C(NC(=O)C(NC)C(C)C)C(C)C.CC.CCC(C)C(C)C(CC(=O)O)OC. The molecular weight excluding hydrogens is 392 g/mol. The molecule has 3 N–H and O–H groups in total. The third kappa shape index (κ3) is 15.1. The second-order valence-corrected chi connectivity index (χ2v) is 8.70. The Hall–Kier alpha value is -1.40. The topological polar surface area (TPSA) is 87.7 Å². The summed E-state index contributed by atoms with van der Waals surface area (Å²) in [5.74, 6) is 0.714. The second-order valence-electron chi connectivity index (χ2n) is 8.70. The van der Waals surface area contributed by atoms with Crippen LogP contribution in [0.15, 0.2) is 12.2 Å². The summed E-state index contributed by atoms with van der Waals surface area (Å²) in [6, 6.07) is -0.0808. The van der Waals surface area contributed by atoms with E-state index in [1.54, 1.807) is 7.11 Å². The summed E-state index contributed by atoms with van der Waals surface area (Å²) in [5, 5.41) is 14.7. The zero-order chi connectivity index (χ0) is 25.3. The lowest BCUT2D eigenvalue weighted by Gasteiger charge is -2.27. The van der Waals surface area contributed by atoms with E-state index in [4.69, 9.17) is 9.84 Å². The molecule has 31 heavy (non-hydrogen) atoms. The second kappa shape index (κ2) is 19.3. The highest BCUT2D eigenvalue weighted by atomic mass is 16.5. The summed E-state index contributed by atoms with van der Waals surface area (Å²) < 4.78 is 5.17. The maximum atomic E-state index is 12.0. The number of amides is 1. The van der Waals surface area contributed by atoms with E-state index in [2.05, 4.69) is 44.9 Å². The molecule has 5 atom stereocenters. The first kappa shape index (κ1) is 34.2. The Bertz CT molecular complexity index is 492. The van der Waals surface area contributed by atoms with Gasteiger partial charge in [0.2, 0.25) is 5.91 Å². The van der Waals surface area contributed by atoms with Crippen molar-refractivity contribution in [1.82, 2.24) is 10.6 Å². The molecule has 1 amide bonds. The Morgan fingerprint density at radius 3 is 1.71 bits per heavy atom. The van der Waals surface area contributed by atoms with Gasteiger partial charge in [-0.25, -0.2) is 0 Å². The van der Waals surface area contributed by atoms with Crippen LogP contribution in [0.3, 0.4) is 0 Å². The van der Waals surface area contributed by atoms with Crippen molar-refractivity contribution in [2.24, 2.45) is 23.7 Å². The van der Waals surface area contributed by atoms with Crippen LogP contribution in [-0.2, 0) is 14.3 Å². The first-order valence-corrected chi connectivity index (χ1v) is 11.7. The number of carboxylic acids is 1. The third-order valence-electron chi connectivity index (χ3n) is 5.56. The molecule has 6 nitrogen and oxygen atoms in total. The van der Waals surface area contributed by atoms with Crippen molar-refractivity contribution in [2.75, 3.05) is 14.2 Å². The maximum absolute atomic E-state index is 12.0. The van der Waals surface area contributed by atoms with E-state index in [1.807, 2.05) is 48.6 Å². The number of ether oxygens (including phenoxy) is 1. The molecule has 0 aromatic heterocycles. The fraction of sp³-hybridized carbons (Fsp3) is 0.840. The summed E-state index contributed by atoms with van der Waals surface area (Å²) in [6.45, 7) is 24.4. The van der Waals surface area contributed by atoms with E-state index >= 15 is 0 Å². The monoisotopic (exact) mass is 444 g/mol. The van der Waals surface area contributed by atoms with Crippen LogP contribution >= 0.6 is 0 Å². The molecule has 0 aliphatic heterocycles. The van der Waals surface area contributed by atoms with Gasteiger partial charge in [-0.3, -0.25) is 9.59 Å². The van der Waals surface area contributed by atoms with Gasteiger partial charge in [0, 0.05) is 7.11 Å². The van der Waals surface area contributed by atoms with E-state index in [-0.39, 0.29) is 36.4 Å². The quantitative estimate of drug-likeness (QED) is 0.363. The molecule has 5 unspecified atom stereocenters. The number of hydrogen-bond donors (Lipinski definition) is 3. The average molecular weight is 445 g/mol. The van der Waals surface area contributed by atoms with Crippen LogP contribution < -0.4 is 10.6 Å². The Balaban J connectivity index is -0.000000476. The number of rotatable bonds is 12. The minimum Gasteiger partial charge on any atom is -0.481 e. The predicted molar refractivity (Wildman–Crippen MR) is 132 cm³/mol. The van der Waals surface area contributed by atoms with Crippen molar-refractivity contribution in [3.8, 4) is 0 Å². The number of likely N-dealkylation sites (N-methyl/N-ethyl adjacent to an activating group) is 1. The highest BCUT2D eigenvalue weighted by molar-refractivity contribution is 5.82. The van der Waals surface area contributed by atoms with Gasteiger partial charge in [0.15, 0.2) is 0 Å². The lowest BCUT2D eigenvalue weighted by Crippen LogP contribution is -2.50. The number of aliphatic carboxylic acids is 1. The van der Waals surface area contributed by atoms with Crippen LogP contribution in [0.25, 0.3) is 0 Å². The number of carbonyl (C=O) groups excluding carboxylic acids is 1. The van der Waals surface area contributed by atoms with Crippen LogP contribution in [0, 0.1) is 23.7 Å². The molecule has 0 spiro atoms. The van der Waals surface area contributed by atoms with Gasteiger partial charge >= 0.3 is 5.97 Å². The van der Waals surface area contributed by atoms with Crippen molar-refractivity contribution in [1.29, 1.82) is 0 Å². The Kier molecular flexibility index (Phi) is 21.3. The highest BCUT2D eigenvalue weighted by Gasteiger charge is 2.25. The lowest BCUT2D eigenvalue weighted by molar-refractivity contribution is -0.141. The smallest absolute Gasteiger partial charge is 0.305 e. The lowest BCUT2D eigenvalue weighted by atomic mass is 9.87. The van der Waals surface area contributed by atoms with Gasteiger partial charge in [0.25, 0.3) is 0 Å². The van der Waals surface area contributed by atoms with Crippen molar-refractivity contribution in [3.05, 3.63) is 12.2 Å². The molecule has 0 rings (SSSR count). The van der Waals surface area contributed by atoms with Gasteiger partial charge in [-0.1, -0.05) is 80.9 Å². The van der Waals surface area contributed by atoms with Crippen molar-refractivity contribution >= 4 is 11.9 Å². The summed E-state index contributed by atoms with van der Waals surface area (Å²) >= 11 is 0. The fourth-order valence-electron chi connectivity index (χ4n) is 3.26. The van der Waals surface area contributed by atoms with Gasteiger partial charge in [-0.2, -0.15) is 0 Å². The van der Waals surface area contributed by atoms with Gasteiger partial charge in [-0.15, -0.1) is 0 Å².